The summed E-state index contributed by atoms with van der Waals surface area (Å²) in [5, 5.41) is 5.67. The monoisotopic (exact) mass is 431 g/mol. The van der Waals surface area contributed by atoms with Crippen LogP contribution in [-0.4, -0.2) is 41.1 Å². The van der Waals surface area contributed by atoms with Gasteiger partial charge in [-0.1, -0.05) is 11.6 Å². The lowest BCUT2D eigenvalue weighted by Crippen LogP contribution is -1.99. The van der Waals surface area contributed by atoms with Gasteiger partial charge in [0.1, 0.15) is 40.7 Å². The number of aryl methyl sites for hydroxylation is 2. The molecule has 0 saturated heterocycles. The lowest BCUT2D eigenvalue weighted by atomic mass is 10.2. The van der Waals surface area contributed by atoms with Crippen LogP contribution in [0.5, 0.6) is 0 Å². The number of H-pyrrole nitrogens is 2. The van der Waals surface area contributed by atoms with Crippen LogP contribution < -0.4 is 5.32 Å². The van der Waals surface area contributed by atoms with Gasteiger partial charge in [-0.3, -0.25) is 4.99 Å². The SMILES string of the molecule is Cc1c[nH]c2ncnc(Cl)c12.Cc1c[nH]c2ncnc(Nc3cc4c(cn3)CN=C4)c12. The molecular formula is C21H18ClN9. The molecule has 0 bridgehead atoms. The minimum Gasteiger partial charge on any atom is -0.346 e. The molecule has 6 heterocycles. The second kappa shape index (κ2) is 7.77. The third-order valence-corrected chi connectivity index (χ3v) is 5.34. The highest BCUT2D eigenvalue weighted by Crippen LogP contribution is 2.26. The minimum atomic E-state index is 0.508. The Labute approximate surface area is 182 Å². The summed E-state index contributed by atoms with van der Waals surface area (Å²) in [6, 6.07) is 1.99. The van der Waals surface area contributed by atoms with Gasteiger partial charge >= 0.3 is 0 Å². The molecule has 0 spiro atoms. The van der Waals surface area contributed by atoms with Crippen molar-refractivity contribution in [1.29, 1.82) is 0 Å². The number of aliphatic imine (C=N–C) groups is 1. The highest BCUT2D eigenvalue weighted by Gasteiger charge is 2.11. The number of anilines is 2. The van der Waals surface area contributed by atoms with Crippen molar-refractivity contribution in [2.75, 3.05) is 5.32 Å². The van der Waals surface area contributed by atoms with Gasteiger partial charge in [-0.25, -0.2) is 24.9 Å². The Morgan fingerprint density at radius 1 is 0.903 bits per heavy atom. The van der Waals surface area contributed by atoms with Crippen LogP contribution in [0.3, 0.4) is 0 Å². The molecule has 3 N–H and O–H groups in total. The molecular weight excluding hydrogens is 414 g/mol. The van der Waals surface area contributed by atoms with Crippen molar-refractivity contribution in [3.63, 3.8) is 0 Å². The van der Waals surface area contributed by atoms with Gasteiger partial charge in [-0.05, 0) is 31.0 Å². The molecule has 0 fully saturated rings. The molecule has 10 heteroatoms. The van der Waals surface area contributed by atoms with Gasteiger partial charge in [-0.2, -0.15) is 0 Å². The second-order valence-corrected chi connectivity index (χ2v) is 7.50. The molecule has 0 unspecified atom stereocenters. The van der Waals surface area contributed by atoms with Crippen LogP contribution in [0.15, 0.2) is 42.3 Å². The van der Waals surface area contributed by atoms with E-state index in [2.05, 4.69) is 45.2 Å². The number of aromatic nitrogens is 7. The van der Waals surface area contributed by atoms with Crippen LogP contribution in [0.1, 0.15) is 22.3 Å². The number of nitrogens with zero attached hydrogens (tertiary/aromatic N) is 6. The Kier molecular flexibility index (Phi) is 4.79. The van der Waals surface area contributed by atoms with Crippen LogP contribution in [-0.2, 0) is 6.54 Å². The average molecular weight is 432 g/mol. The van der Waals surface area contributed by atoms with Crippen LogP contribution >= 0.6 is 11.6 Å². The van der Waals surface area contributed by atoms with Crippen molar-refractivity contribution in [3.8, 4) is 0 Å². The fourth-order valence-electron chi connectivity index (χ4n) is 3.47. The fraction of sp³-hybridized carbons (Fsp3) is 0.143. The first kappa shape index (κ1) is 19.1. The van der Waals surface area contributed by atoms with Gasteiger partial charge in [0.2, 0.25) is 0 Å². The molecule has 0 saturated carbocycles. The van der Waals surface area contributed by atoms with E-state index in [1.54, 1.807) is 0 Å². The van der Waals surface area contributed by atoms with Crippen LogP contribution in [0.2, 0.25) is 5.15 Å². The fourth-order valence-corrected chi connectivity index (χ4v) is 3.75. The smallest absolute Gasteiger partial charge is 0.144 e. The zero-order chi connectivity index (χ0) is 21.4. The van der Waals surface area contributed by atoms with Crippen LogP contribution in [0.25, 0.3) is 22.1 Å². The highest BCUT2D eigenvalue weighted by atomic mass is 35.5. The van der Waals surface area contributed by atoms with E-state index in [0.29, 0.717) is 5.15 Å². The molecule has 5 aromatic heterocycles. The number of pyridine rings is 1. The molecule has 31 heavy (non-hydrogen) atoms. The van der Waals surface area contributed by atoms with E-state index in [-0.39, 0.29) is 0 Å². The van der Waals surface area contributed by atoms with Crippen LogP contribution in [0, 0.1) is 13.8 Å². The maximum Gasteiger partial charge on any atom is 0.144 e. The summed E-state index contributed by atoms with van der Waals surface area (Å²) in [7, 11) is 0. The van der Waals surface area contributed by atoms with Gasteiger partial charge < -0.3 is 15.3 Å². The summed E-state index contributed by atoms with van der Waals surface area (Å²) in [5.41, 5.74) is 6.06. The Hall–Kier alpha value is -3.85. The summed E-state index contributed by atoms with van der Waals surface area (Å²) >= 11 is 5.83. The Balaban J connectivity index is 0.000000157. The van der Waals surface area contributed by atoms with E-state index in [4.69, 9.17) is 11.6 Å². The third kappa shape index (κ3) is 3.59. The van der Waals surface area contributed by atoms with E-state index < -0.39 is 0 Å². The summed E-state index contributed by atoms with van der Waals surface area (Å²) in [4.78, 5) is 31.2. The maximum absolute atomic E-state index is 5.83. The maximum atomic E-state index is 5.83. The number of hydrogen-bond acceptors (Lipinski definition) is 7. The summed E-state index contributed by atoms with van der Waals surface area (Å²) < 4.78 is 0. The quantitative estimate of drug-likeness (QED) is 0.359. The zero-order valence-corrected chi connectivity index (χ0v) is 17.6. The third-order valence-electron chi connectivity index (χ3n) is 5.05. The average Bonchev–Trinajstić information content (AvgIpc) is 3.48. The number of aromatic amines is 2. The molecule has 6 rings (SSSR count). The van der Waals surface area contributed by atoms with E-state index >= 15 is 0 Å². The summed E-state index contributed by atoms with van der Waals surface area (Å²) in [6.45, 7) is 4.71. The lowest BCUT2D eigenvalue weighted by molar-refractivity contribution is 1.08. The molecule has 9 nitrogen and oxygen atoms in total. The van der Waals surface area contributed by atoms with Crippen molar-refractivity contribution in [2.24, 2.45) is 4.99 Å². The van der Waals surface area contributed by atoms with E-state index in [9.17, 15) is 0 Å². The summed E-state index contributed by atoms with van der Waals surface area (Å²) in [5.74, 6) is 1.52. The Morgan fingerprint density at radius 2 is 1.61 bits per heavy atom. The first-order chi connectivity index (χ1) is 15.1. The first-order valence-electron chi connectivity index (χ1n) is 9.59. The van der Waals surface area contributed by atoms with Crippen molar-refractivity contribution < 1.29 is 0 Å². The number of hydrogen-bond donors (Lipinski definition) is 3. The van der Waals surface area contributed by atoms with Crippen LogP contribution in [0.4, 0.5) is 11.6 Å². The minimum absolute atomic E-state index is 0.508. The molecule has 0 aliphatic carbocycles. The van der Waals surface area contributed by atoms with Crippen molar-refractivity contribution in [1.82, 2.24) is 34.9 Å². The molecule has 1 aliphatic heterocycles. The highest BCUT2D eigenvalue weighted by molar-refractivity contribution is 6.34. The molecule has 1 aliphatic rings. The molecule has 0 aromatic carbocycles. The standard InChI is InChI=1S/C14H12N6.C7H6ClN3/c1-8-3-17-13-12(8)14(19-7-18-13)20-11-2-9-4-15-5-10(9)6-16-11;1-4-2-9-7-5(4)6(8)10-3-11-7/h2-4,6-7H,5H2,1H3,(H2,16,17,18,19,20);2-3H,1H3,(H,9,10,11). The van der Waals surface area contributed by atoms with Crippen molar-refractivity contribution in [3.05, 3.63) is 64.7 Å². The zero-order valence-electron chi connectivity index (χ0n) is 16.8. The summed E-state index contributed by atoms with van der Waals surface area (Å²) in [6.07, 6.45) is 10.5. The molecule has 0 amide bonds. The van der Waals surface area contributed by atoms with Gasteiger partial charge in [0, 0.05) is 35.9 Å². The molecule has 0 radical (unpaired) electrons. The Morgan fingerprint density at radius 3 is 2.39 bits per heavy atom. The topological polar surface area (TPSA) is 120 Å². The molecule has 154 valence electrons. The number of fused-ring (bicyclic) bond motifs is 3. The van der Waals surface area contributed by atoms with E-state index in [1.165, 1.54) is 12.7 Å². The first-order valence-corrected chi connectivity index (χ1v) is 9.96. The van der Waals surface area contributed by atoms with Gasteiger partial charge in [0.05, 0.1) is 17.3 Å². The van der Waals surface area contributed by atoms with E-state index in [0.717, 1.165) is 62.5 Å². The van der Waals surface area contributed by atoms with E-state index in [1.807, 2.05) is 44.7 Å². The number of halogens is 1. The van der Waals surface area contributed by atoms with Gasteiger partial charge in [0.15, 0.2) is 0 Å². The molecule has 0 atom stereocenters. The predicted molar refractivity (Wildman–Crippen MR) is 121 cm³/mol. The predicted octanol–water partition coefficient (Wildman–Crippen LogP) is 4.26. The second-order valence-electron chi connectivity index (χ2n) is 7.14. The number of rotatable bonds is 2. The van der Waals surface area contributed by atoms with Gasteiger partial charge in [0.25, 0.3) is 0 Å². The normalized spacial score (nSPS) is 12.1. The largest absolute Gasteiger partial charge is 0.346 e. The Bertz CT molecular complexity index is 1430. The lowest BCUT2D eigenvalue weighted by Gasteiger charge is -2.07. The van der Waals surface area contributed by atoms with Crippen molar-refractivity contribution >= 4 is 51.5 Å². The van der Waals surface area contributed by atoms with Crippen molar-refractivity contribution in [2.45, 2.75) is 20.4 Å². The molecule has 5 aromatic rings. The van der Waals surface area contributed by atoms with Gasteiger partial charge in [-0.15, -0.1) is 0 Å². The number of nitrogens with one attached hydrogen (secondary N) is 3.